The molecule has 1 amide bonds. The maximum absolute atomic E-state index is 12.9. The van der Waals surface area contributed by atoms with E-state index >= 15 is 0 Å². The average molecular weight is 421 g/mol. The van der Waals surface area contributed by atoms with E-state index in [2.05, 4.69) is 25.3 Å². The molecule has 3 aromatic rings. The maximum Gasteiger partial charge on any atom is 0.241 e. The fourth-order valence-electron chi connectivity index (χ4n) is 3.91. The minimum atomic E-state index is -0.107. The van der Waals surface area contributed by atoms with Crippen LogP contribution in [0.3, 0.4) is 0 Å². The summed E-state index contributed by atoms with van der Waals surface area (Å²) in [6, 6.07) is 9.16. The summed E-state index contributed by atoms with van der Waals surface area (Å²) in [5, 5.41) is 7.07. The molecular weight excluding hydrogens is 398 g/mol. The third-order valence-corrected chi connectivity index (χ3v) is 5.45. The molecule has 5 rings (SSSR count). The Labute approximate surface area is 179 Å². The van der Waals surface area contributed by atoms with Crippen LogP contribution in [0.4, 0.5) is 5.69 Å². The number of benzene rings is 1. The van der Waals surface area contributed by atoms with E-state index in [0.29, 0.717) is 55.2 Å². The van der Waals surface area contributed by atoms with Gasteiger partial charge in [-0.25, -0.2) is 0 Å². The number of likely N-dealkylation sites (tertiary alicyclic amines) is 1. The van der Waals surface area contributed by atoms with Gasteiger partial charge in [-0.3, -0.25) is 14.7 Å². The Bertz CT molecular complexity index is 1060. The zero-order valence-corrected chi connectivity index (χ0v) is 17.0. The van der Waals surface area contributed by atoms with Gasteiger partial charge >= 0.3 is 0 Å². The number of fused-ring (bicyclic) bond motifs is 1. The molecule has 2 aliphatic rings. The highest BCUT2D eigenvalue weighted by Crippen LogP contribution is 2.33. The Morgan fingerprint density at radius 1 is 1.13 bits per heavy atom. The van der Waals surface area contributed by atoms with Crippen molar-refractivity contribution < 1.29 is 18.8 Å². The third kappa shape index (κ3) is 4.51. The molecule has 9 heteroatoms. The Morgan fingerprint density at radius 2 is 1.97 bits per heavy atom. The highest BCUT2D eigenvalue weighted by atomic mass is 16.6. The van der Waals surface area contributed by atoms with Crippen LogP contribution in [0.1, 0.15) is 18.7 Å². The van der Waals surface area contributed by atoms with Gasteiger partial charge in [-0.2, -0.15) is 4.98 Å². The van der Waals surface area contributed by atoms with Crippen LogP contribution in [0.15, 0.2) is 47.2 Å². The van der Waals surface area contributed by atoms with Crippen molar-refractivity contribution in [3.63, 3.8) is 0 Å². The molecule has 31 heavy (non-hydrogen) atoms. The van der Waals surface area contributed by atoms with E-state index < -0.39 is 0 Å². The predicted octanol–water partition coefficient (Wildman–Crippen LogP) is 2.75. The summed E-state index contributed by atoms with van der Waals surface area (Å²) in [5.74, 6) is 2.35. The molecule has 1 fully saturated rings. The number of rotatable bonds is 5. The first-order valence-corrected chi connectivity index (χ1v) is 10.4. The first-order valence-electron chi connectivity index (χ1n) is 10.4. The standard InChI is InChI=1S/C22H23N5O4/c28-22(24-17-3-4-18-19(12-17)30-11-10-29-18)16-2-1-9-27(13-16)14-20-25-21(26-31-20)15-5-7-23-8-6-15/h3-8,12,16H,1-2,9-11,13-14H2,(H,24,28)/t16-/m1/s1. The Hall–Kier alpha value is -3.46. The van der Waals surface area contributed by atoms with Crippen LogP contribution in [-0.2, 0) is 11.3 Å². The van der Waals surface area contributed by atoms with Crippen molar-refractivity contribution in [1.82, 2.24) is 20.0 Å². The van der Waals surface area contributed by atoms with Crippen molar-refractivity contribution in [3.05, 3.63) is 48.6 Å². The summed E-state index contributed by atoms with van der Waals surface area (Å²) >= 11 is 0. The van der Waals surface area contributed by atoms with Gasteiger partial charge in [0.05, 0.1) is 12.5 Å². The van der Waals surface area contributed by atoms with Crippen LogP contribution in [-0.4, -0.2) is 52.2 Å². The van der Waals surface area contributed by atoms with Gasteiger partial charge in [0, 0.05) is 36.3 Å². The second kappa shape index (κ2) is 8.73. The number of hydrogen-bond donors (Lipinski definition) is 1. The number of amides is 1. The van der Waals surface area contributed by atoms with Crippen LogP contribution in [0.5, 0.6) is 11.5 Å². The third-order valence-electron chi connectivity index (χ3n) is 5.45. The van der Waals surface area contributed by atoms with E-state index in [-0.39, 0.29) is 11.8 Å². The van der Waals surface area contributed by atoms with Gasteiger partial charge in [0.2, 0.25) is 17.6 Å². The summed E-state index contributed by atoms with van der Waals surface area (Å²) in [6.07, 6.45) is 5.17. The molecule has 2 aliphatic heterocycles. The largest absolute Gasteiger partial charge is 0.486 e. The molecular formula is C22H23N5O4. The smallest absolute Gasteiger partial charge is 0.241 e. The maximum atomic E-state index is 12.9. The van der Waals surface area contributed by atoms with E-state index in [4.69, 9.17) is 14.0 Å². The highest BCUT2D eigenvalue weighted by Gasteiger charge is 2.27. The number of hydrogen-bond acceptors (Lipinski definition) is 8. The molecule has 2 aromatic heterocycles. The summed E-state index contributed by atoms with van der Waals surface area (Å²) in [7, 11) is 0. The molecule has 0 unspecified atom stereocenters. The van der Waals surface area contributed by atoms with Crippen LogP contribution in [0, 0.1) is 5.92 Å². The Balaban J connectivity index is 1.19. The number of carbonyl (C=O) groups is 1. The molecule has 0 radical (unpaired) electrons. The molecule has 1 aromatic carbocycles. The van der Waals surface area contributed by atoms with Gasteiger partial charge in [0.15, 0.2) is 11.5 Å². The fraction of sp³-hybridized carbons (Fsp3) is 0.364. The minimum absolute atomic E-state index is 0.00406. The summed E-state index contributed by atoms with van der Waals surface area (Å²) in [6.45, 7) is 3.11. The summed E-state index contributed by atoms with van der Waals surface area (Å²) in [5.41, 5.74) is 1.57. The number of anilines is 1. The van der Waals surface area contributed by atoms with Crippen LogP contribution in [0.2, 0.25) is 0 Å². The molecule has 1 atom stereocenters. The summed E-state index contributed by atoms with van der Waals surface area (Å²) in [4.78, 5) is 23.5. The first-order chi connectivity index (χ1) is 15.2. The number of nitrogens with zero attached hydrogens (tertiary/aromatic N) is 4. The van der Waals surface area contributed by atoms with Crippen molar-refractivity contribution in [2.24, 2.45) is 5.92 Å². The number of carbonyl (C=O) groups excluding carboxylic acids is 1. The lowest BCUT2D eigenvalue weighted by Gasteiger charge is -2.31. The topological polar surface area (TPSA) is 103 Å². The molecule has 0 spiro atoms. The SMILES string of the molecule is O=C(Nc1ccc2c(c1)OCCO2)[C@@H]1CCCN(Cc2nc(-c3ccncc3)no2)C1. The predicted molar refractivity (Wildman–Crippen MR) is 112 cm³/mol. The van der Waals surface area contributed by atoms with Gasteiger partial charge < -0.3 is 19.3 Å². The molecule has 1 saturated heterocycles. The van der Waals surface area contributed by atoms with Gasteiger partial charge in [0.1, 0.15) is 13.2 Å². The van der Waals surface area contributed by atoms with Gasteiger partial charge in [-0.1, -0.05) is 5.16 Å². The minimum Gasteiger partial charge on any atom is -0.486 e. The first kappa shape index (κ1) is 19.5. The Kier molecular flexibility index (Phi) is 5.49. The molecule has 1 N–H and O–H groups in total. The molecule has 0 saturated carbocycles. The monoisotopic (exact) mass is 421 g/mol. The second-order valence-electron chi connectivity index (χ2n) is 7.67. The van der Waals surface area contributed by atoms with Crippen LogP contribution < -0.4 is 14.8 Å². The molecule has 0 aliphatic carbocycles. The van der Waals surface area contributed by atoms with Crippen molar-refractivity contribution in [3.8, 4) is 22.9 Å². The van der Waals surface area contributed by atoms with Crippen LogP contribution in [0.25, 0.3) is 11.4 Å². The number of ether oxygens (including phenoxy) is 2. The van der Waals surface area contributed by atoms with Crippen molar-refractivity contribution in [1.29, 1.82) is 0 Å². The van der Waals surface area contributed by atoms with Crippen LogP contribution >= 0.6 is 0 Å². The van der Waals surface area contributed by atoms with E-state index in [1.54, 1.807) is 12.4 Å². The lowest BCUT2D eigenvalue weighted by molar-refractivity contribution is -0.121. The van der Waals surface area contributed by atoms with Gasteiger partial charge in [-0.05, 0) is 43.7 Å². The van der Waals surface area contributed by atoms with Crippen molar-refractivity contribution in [2.75, 3.05) is 31.6 Å². The number of aromatic nitrogens is 3. The van der Waals surface area contributed by atoms with Crippen molar-refractivity contribution in [2.45, 2.75) is 19.4 Å². The average Bonchev–Trinajstić information content (AvgIpc) is 3.28. The summed E-state index contributed by atoms with van der Waals surface area (Å²) < 4.78 is 16.5. The van der Waals surface area contributed by atoms with E-state index in [9.17, 15) is 4.79 Å². The normalized spacial score (nSPS) is 18.5. The van der Waals surface area contributed by atoms with E-state index in [1.165, 1.54) is 0 Å². The van der Waals surface area contributed by atoms with Crippen molar-refractivity contribution >= 4 is 11.6 Å². The zero-order chi connectivity index (χ0) is 21.0. The Morgan fingerprint density at radius 3 is 2.84 bits per heavy atom. The van der Waals surface area contributed by atoms with Gasteiger partial charge in [-0.15, -0.1) is 0 Å². The fourth-order valence-corrected chi connectivity index (χ4v) is 3.91. The molecule has 9 nitrogen and oxygen atoms in total. The molecule has 160 valence electrons. The number of piperidine rings is 1. The van der Waals surface area contributed by atoms with E-state index in [1.807, 2.05) is 30.3 Å². The molecule has 0 bridgehead atoms. The number of nitrogens with one attached hydrogen (secondary N) is 1. The van der Waals surface area contributed by atoms with E-state index in [0.717, 1.165) is 24.9 Å². The lowest BCUT2D eigenvalue weighted by atomic mass is 9.97. The lowest BCUT2D eigenvalue weighted by Crippen LogP contribution is -2.40. The highest BCUT2D eigenvalue weighted by molar-refractivity contribution is 5.93. The second-order valence-corrected chi connectivity index (χ2v) is 7.67. The quantitative estimate of drug-likeness (QED) is 0.671. The number of pyridine rings is 1. The molecule has 4 heterocycles. The van der Waals surface area contributed by atoms with Gasteiger partial charge in [0.25, 0.3) is 0 Å². The zero-order valence-electron chi connectivity index (χ0n) is 17.0.